The molecule has 0 aromatic carbocycles. The van der Waals surface area contributed by atoms with Crippen LogP contribution in [0.4, 0.5) is 0 Å². The Morgan fingerprint density at radius 1 is 0.245 bits per heavy atom. The second kappa shape index (κ2) is 42.6. The van der Waals surface area contributed by atoms with Gasteiger partial charge in [-0.2, -0.15) is 0 Å². The minimum Gasteiger partial charge on any atom is -0.481 e. The minimum atomic E-state index is -0.657. The van der Waals surface area contributed by atoms with Gasteiger partial charge in [0.25, 0.3) is 0 Å². The maximum Gasteiger partial charge on any atom is 0.303 e. The molecule has 0 fully saturated rings. The van der Waals surface area contributed by atoms with Crippen molar-refractivity contribution in [3.8, 4) is 0 Å². The van der Waals surface area contributed by atoms with Gasteiger partial charge in [0.2, 0.25) is 0 Å². The van der Waals surface area contributed by atoms with Crippen LogP contribution in [-0.2, 0) is 9.59 Å². The molecule has 0 saturated carbocycles. The lowest BCUT2D eigenvalue weighted by Crippen LogP contribution is -1.93. The van der Waals surface area contributed by atoms with E-state index in [4.69, 9.17) is 10.2 Å². The molecule has 49 heavy (non-hydrogen) atoms. The van der Waals surface area contributed by atoms with Crippen LogP contribution in [0.2, 0.25) is 0 Å². The van der Waals surface area contributed by atoms with Crippen LogP contribution in [0.1, 0.15) is 250 Å². The Labute approximate surface area is 305 Å². The molecule has 0 unspecified atom stereocenters. The smallest absolute Gasteiger partial charge is 0.303 e. The summed E-state index contributed by atoms with van der Waals surface area (Å²) in [6.07, 6.45) is 58.9. The summed E-state index contributed by atoms with van der Waals surface area (Å²) in [5.74, 6) is -1.31. The average molecular weight is 689 g/mol. The zero-order chi connectivity index (χ0) is 35.6. The molecule has 0 rings (SSSR count). The van der Waals surface area contributed by atoms with Gasteiger partial charge >= 0.3 is 11.9 Å². The summed E-state index contributed by atoms with van der Waals surface area (Å²) in [6.45, 7) is 0. The van der Waals surface area contributed by atoms with Crippen molar-refractivity contribution in [2.75, 3.05) is 0 Å². The van der Waals surface area contributed by atoms with E-state index in [0.717, 1.165) is 25.7 Å². The van der Waals surface area contributed by atoms with E-state index in [1.54, 1.807) is 0 Å². The Hall–Kier alpha value is -1.58. The molecule has 0 spiro atoms. The van der Waals surface area contributed by atoms with Gasteiger partial charge in [0.1, 0.15) is 0 Å². The van der Waals surface area contributed by atoms with Gasteiger partial charge in [-0.15, -0.1) is 0 Å². The highest BCUT2D eigenvalue weighted by Gasteiger charge is 1.99. The van der Waals surface area contributed by atoms with Gasteiger partial charge < -0.3 is 10.2 Å². The van der Waals surface area contributed by atoms with Crippen molar-refractivity contribution in [1.29, 1.82) is 0 Å². The van der Waals surface area contributed by atoms with Crippen molar-refractivity contribution in [3.63, 3.8) is 0 Å². The topological polar surface area (TPSA) is 74.6 Å². The Balaban J connectivity index is 3.14. The third-order valence-corrected chi connectivity index (χ3v) is 10.1. The Morgan fingerprint density at radius 2 is 0.388 bits per heavy atom. The van der Waals surface area contributed by atoms with E-state index in [1.807, 2.05) is 0 Å². The lowest BCUT2D eigenvalue weighted by Gasteiger charge is -2.03. The third kappa shape index (κ3) is 46.4. The zero-order valence-corrected chi connectivity index (χ0v) is 32.6. The molecule has 0 aromatic rings. The van der Waals surface area contributed by atoms with Crippen LogP contribution in [0.3, 0.4) is 0 Å². The molecule has 4 nitrogen and oxygen atoms in total. The first-order chi connectivity index (χ1) is 24.1. The SMILES string of the molecule is O=C(O)CCCCCCCCCCC/C=C\CCCCCCCCCCCCCCCCC/C=C\CCCCCCCCCCCC(=O)O. The van der Waals surface area contributed by atoms with Gasteiger partial charge in [0.05, 0.1) is 0 Å². The zero-order valence-electron chi connectivity index (χ0n) is 32.6. The summed E-state index contributed by atoms with van der Waals surface area (Å²) in [5, 5.41) is 17.3. The highest BCUT2D eigenvalue weighted by atomic mass is 16.4. The Kier molecular flexibility index (Phi) is 41.2. The van der Waals surface area contributed by atoms with Crippen LogP contribution in [0.15, 0.2) is 24.3 Å². The number of carboxylic acid groups (broad SMARTS) is 2. The van der Waals surface area contributed by atoms with Crippen molar-refractivity contribution in [3.05, 3.63) is 24.3 Å². The van der Waals surface area contributed by atoms with Crippen LogP contribution in [-0.4, -0.2) is 22.2 Å². The average Bonchev–Trinajstić information content (AvgIpc) is 3.08. The standard InChI is InChI=1S/C45H84O4/c46-44(47)42-40-38-36-34-32-30-28-26-24-22-20-18-16-14-12-10-8-6-4-2-1-3-5-7-9-11-13-15-17-19-21-23-25-27-29-31-33-35-37-39-41-43-45(48)49/h18-21H,1-17,22-43H2,(H,46,47)(H,48,49)/b20-18-,21-19-. The number of hydrogen-bond donors (Lipinski definition) is 2. The minimum absolute atomic E-state index is 0.335. The van der Waals surface area contributed by atoms with Crippen molar-refractivity contribution in [2.24, 2.45) is 0 Å². The van der Waals surface area contributed by atoms with Crippen LogP contribution < -0.4 is 0 Å². The maximum atomic E-state index is 10.5. The lowest BCUT2D eigenvalue weighted by molar-refractivity contribution is -0.138. The summed E-state index contributed by atoms with van der Waals surface area (Å²) < 4.78 is 0. The van der Waals surface area contributed by atoms with Gasteiger partial charge in [-0.25, -0.2) is 0 Å². The number of carbonyl (C=O) groups is 2. The molecule has 0 aliphatic heterocycles. The first-order valence-corrected chi connectivity index (χ1v) is 21.9. The van der Waals surface area contributed by atoms with E-state index in [2.05, 4.69) is 24.3 Å². The second-order valence-electron chi connectivity index (χ2n) is 15.1. The molecule has 2 N–H and O–H groups in total. The highest BCUT2D eigenvalue weighted by molar-refractivity contribution is 5.66. The molecule has 0 saturated heterocycles. The monoisotopic (exact) mass is 689 g/mol. The number of carboxylic acids is 2. The van der Waals surface area contributed by atoms with Crippen LogP contribution in [0.25, 0.3) is 0 Å². The van der Waals surface area contributed by atoms with E-state index in [9.17, 15) is 9.59 Å². The van der Waals surface area contributed by atoms with Crippen molar-refractivity contribution in [2.45, 2.75) is 250 Å². The van der Waals surface area contributed by atoms with Crippen molar-refractivity contribution < 1.29 is 19.8 Å². The summed E-state index contributed by atoms with van der Waals surface area (Å²) in [5.41, 5.74) is 0. The van der Waals surface area contributed by atoms with E-state index >= 15 is 0 Å². The summed E-state index contributed by atoms with van der Waals surface area (Å²) >= 11 is 0. The molecule has 0 radical (unpaired) electrons. The first-order valence-electron chi connectivity index (χ1n) is 21.9. The van der Waals surface area contributed by atoms with Gasteiger partial charge in [-0.3, -0.25) is 9.59 Å². The first kappa shape index (κ1) is 47.4. The number of unbranched alkanes of at least 4 members (excludes halogenated alkanes) is 34. The fourth-order valence-corrected chi connectivity index (χ4v) is 6.85. The molecule has 4 heteroatoms. The molecule has 288 valence electrons. The third-order valence-electron chi connectivity index (χ3n) is 10.1. The van der Waals surface area contributed by atoms with E-state index in [0.29, 0.717) is 12.8 Å². The molecule has 0 aromatic heterocycles. The number of hydrogen-bond acceptors (Lipinski definition) is 2. The lowest BCUT2D eigenvalue weighted by atomic mass is 10.0. The maximum absolute atomic E-state index is 10.5. The number of allylic oxidation sites excluding steroid dienone is 4. The van der Waals surface area contributed by atoms with Crippen LogP contribution in [0, 0.1) is 0 Å². The summed E-state index contributed by atoms with van der Waals surface area (Å²) in [7, 11) is 0. The quantitative estimate of drug-likeness (QED) is 0.0494. The normalized spacial score (nSPS) is 11.8. The fraction of sp³-hybridized carbons (Fsp3) is 0.867. The van der Waals surface area contributed by atoms with Gasteiger partial charge in [0, 0.05) is 12.8 Å². The number of aliphatic carboxylic acids is 2. The van der Waals surface area contributed by atoms with Crippen molar-refractivity contribution >= 4 is 11.9 Å². The fourth-order valence-electron chi connectivity index (χ4n) is 6.85. The van der Waals surface area contributed by atoms with Crippen molar-refractivity contribution in [1.82, 2.24) is 0 Å². The Bertz CT molecular complexity index is 668. The van der Waals surface area contributed by atoms with Gasteiger partial charge in [-0.1, -0.05) is 198 Å². The molecule has 0 aliphatic carbocycles. The summed E-state index contributed by atoms with van der Waals surface area (Å²) in [4.78, 5) is 21.0. The molecule has 0 bridgehead atoms. The molecular formula is C45H84O4. The van der Waals surface area contributed by atoms with Gasteiger partial charge in [0.15, 0.2) is 0 Å². The number of rotatable bonds is 42. The molecule has 0 amide bonds. The molecular weight excluding hydrogens is 604 g/mol. The Morgan fingerprint density at radius 3 is 0.551 bits per heavy atom. The molecule has 0 aliphatic rings. The van der Waals surface area contributed by atoms with Crippen LogP contribution in [0.5, 0.6) is 0 Å². The van der Waals surface area contributed by atoms with Crippen LogP contribution >= 0.6 is 0 Å². The predicted octanol–water partition coefficient (Wildman–Crippen LogP) is 15.5. The second-order valence-corrected chi connectivity index (χ2v) is 15.1. The molecule has 0 heterocycles. The largest absolute Gasteiger partial charge is 0.481 e. The van der Waals surface area contributed by atoms with E-state index < -0.39 is 11.9 Å². The predicted molar refractivity (Wildman–Crippen MR) is 214 cm³/mol. The molecule has 0 atom stereocenters. The van der Waals surface area contributed by atoms with Gasteiger partial charge in [-0.05, 0) is 64.2 Å². The summed E-state index contributed by atoms with van der Waals surface area (Å²) in [6, 6.07) is 0. The van der Waals surface area contributed by atoms with E-state index in [1.165, 1.54) is 212 Å². The van der Waals surface area contributed by atoms with E-state index in [-0.39, 0.29) is 0 Å². The highest BCUT2D eigenvalue weighted by Crippen LogP contribution is 2.16.